The smallest absolute Gasteiger partial charge is 0.257 e. The maximum Gasteiger partial charge on any atom is 0.257 e. The molecule has 2 aromatic rings. The lowest BCUT2D eigenvalue weighted by molar-refractivity contribution is 0.399. The molecule has 0 saturated carbocycles. The van der Waals surface area contributed by atoms with Crippen molar-refractivity contribution in [2.24, 2.45) is 0 Å². The van der Waals surface area contributed by atoms with Crippen molar-refractivity contribution in [1.29, 1.82) is 0 Å². The number of methoxy groups -OCH3 is 1. The summed E-state index contributed by atoms with van der Waals surface area (Å²) in [6, 6.07) is 8.03. The molecule has 0 saturated heterocycles. The summed E-state index contributed by atoms with van der Waals surface area (Å²) < 4.78 is 5.04. The lowest BCUT2D eigenvalue weighted by Gasteiger charge is -2.05. The van der Waals surface area contributed by atoms with E-state index in [1.54, 1.807) is 6.20 Å². The Hall–Kier alpha value is -2.10. The average Bonchev–Trinajstić information content (AvgIpc) is 2.29. The van der Waals surface area contributed by atoms with Crippen molar-refractivity contribution in [1.82, 2.24) is 9.97 Å². The fraction of sp³-hybridized carbons (Fsp3) is 0.167. The van der Waals surface area contributed by atoms with E-state index in [2.05, 4.69) is 9.97 Å². The highest BCUT2D eigenvalue weighted by Crippen LogP contribution is 2.22. The second-order valence-electron chi connectivity index (χ2n) is 3.52. The van der Waals surface area contributed by atoms with Crippen LogP contribution in [0.15, 0.2) is 30.5 Å². The van der Waals surface area contributed by atoms with Crippen LogP contribution in [0.5, 0.6) is 5.88 Å². The Labute approximate surface area is 94.1 Å². The van der Waals surface area contributed by atoms with E-state index in [-0.39, 0.29) is 0 Å². The maximum absolute atomic E-state index is 5.61. The Morgan fingerprint density at radius 2 is 2.12 bits per heavy atom. The third kappa shape index (κ3) is 1.95. The molecule has 16 heavy (non-hydrogen) atoms. The van der Waals surface area contributed by atoms with Gasteiger partial charge in [0.25, 0.3) is 5.88 Å². The summed E-state index contributed by atoms with van der Waals surface area (Å²) in [4.78, 5) is 8.34. The molecule has 0 atom stereocenters. The van der Waals surface area contributed by atoms with Gasteiger partial charge in [-0.05, 0) is 13.0 Å². The van der Waals surface area contributed by atoms with E-state index in [1.807, 2.05) is 31.2 Å². The molecular formula is C12H13N3O. The molecule has 2 rings (SSSR count). The molecule has 0 radical (unpaired) electrons. The molecule has 1 aromatic carbocycles. The predicted octanol–water partition coefficient (Wildman–Crippen LogP) is 2.04. The highest BCUT2D eigenvalue weighted by molar-refractivity contribution is 5.61. The highest BCUT2D eigenvalue weighted by Gasteiger charge is 2.06. The van der Waals surface area contributed by atoms with Gasteiger partial charge in [-0.25, -0.2) is 9.97 Å². The lowest BCUT2D eigenvalue weighted by atomic mass is 10.1. The van der Waals surface area contributed by atoms with Gasteiger partial charge in [0.1, 0.15) is 0 Å². The number of hydrogen-bond acceptors (Lipinski definition) is 4. The Morgan fingerprint density at radius 3 is 2.81 bits per heavy atom. The van der Waals surface area contributed by atoms with Crippen LogP contribution < -0.4 is 10.5 Å². The Balaban J connectivity index is 2.48. The van der Waals surface area contributed by atoms with E-state index in [4.69, 9.17) is 10.5 Å². The summed E-state index contributed by atoms with van der Waals surface area (Å²) >= 11 is 0. The van der Waals surface area contributed by atoms with Gasteiger partial charge in [-0.2, -0.15) is 0 Å². The van der Waals surface area contributed by atoms with E-state index in [0.717, 1.165) is 11.3 Å². The second kappa shape index (κ2) is 4.18. The lowest BCUT2D eigenvalue weighted by Crippen LogP contribution is -1.99. The van der Waals surface area contributed by atoms with Crippen LogP contribution in [0.1, 0.15) is 5.56 Å². The Kier molecular flexibility index (Phi) is 2.72. The third-order valence-corrected chi connectivity index (χ3v) is 2.27. The van der Waals surface area contributed by atoms with Gasteiger partial charge in [-0.15, -0.1) is 0 Å². The molecule has 82 valence electrons. The molecule has 2 N–H and O–H groups in total. The number of nitrogens with two attached hydrogens (primary N) is 1. The topological polar surface area (TPSA) is 61.0 Å². The number of benzene rings is 1. The van der Waals surface area contributed by atoms with Gasteiger partial charge >= 0.3 is 0 Å². The summed E-state index contributed by atoms with van der Waals surface area (Å²) in [5.41, 5.74) is 8.55. The van der Waals surface area contributed by atoms with Gasteiger partial charge in [0.05, 0.1) is 19.0 Å². The van der Waals surface area contributed by atoms with Gasteiger partial charge < -0.3 is 10.5 Å². The monoisotopic (exact) mass is 215 g/mol. The maximum atomic E-state index is 5.61. The minimum Gasteiger partial charge on any atom is -0.478 e. The van der Waals surface area contributed by atoms with E-state index in [1.165, 1.54) is 12.7 Å². The number of anilines is 1. The number of rotatable bonds is 2. The molecule has 1 heterocycles. The van der Waals surface area contributed by atoms with Gasteiger partial charge in [-0.3, -0.25) is 0 Å². The van der Waals surface area contributed by atoms with Crippen LogP contribution in [-0.4, -0.2) is 17.1 Å². The summed E-state index contributed by atoms with van der Waals surface area (Å²) in [6.45, 7) is 2.03. The number of aromatic nitrogens is 2. The minimum atomic E-state index is 0.305. The van der Waals surface area contributed by atoms with Gasteiger partial charge in [-0.1, -0.05) is 23.8 Å². The highest BCUT2D eigenvalue weighted by atomic mass is 16.5. The van der Waals surface area contributed by atoms with Crippen molar-refractivity contribution < 1.29 is 4.74 Å². The Morgan fingerprint density at radius 1 is 1.31 bits per heavy atom. The molecule has 0 bridgehead atoms. The van der Waals surface area contributed by atoms with Crippen molar-refractivity contribution in [3.63, 3.8) is 0 Å². The minimum absolute atomic E-state index is 0.305. The van der Waals surface area contributed by atoms with Gasteiger partial charge in [0.2, 0.25) is 0 Å². The van der Waals surface area contributed by atoms with Crippen molar-refractivity contribution >= 4 is 5.82 Å². The Bertz CT molecular complexity index is 511. The van der Waals surface area contributed by atoms with Gasteiger partial charge in [0, 0.05) is 5.56 Å². The first-order valence-electron chi connectivity index (χ1n) is 4.94. The molecule has 0 aliphatic rings. The molecule has 1 aromatic heterocycles. The SMILES string of the molecule is COc1nc(-c2cccc(C)c2)cnc1N. The number of hydrogen-bond donors (Lipinski definition) is 1. The van der Waals surface area contributed by atoms with E-state index >= 15 is 0 Å². The van der Waals surface area contributed by atoms with Crippen molar-refractivity contribution in [2.45, 2.75) is 6.92 Å². The second-order valence-corrected chi connectivity index (χ2v) is 3.52. The van der Waals surface area contributed by atoms with E-state index in [9.17, 15) is 0 Å². The zero-order valence-electron chi connectivity index (χ0n) is 9.27. The summed E-state index contributed by atoms with van der Waals surface area (Å²) in [5.74, 6) is 0.665. The number of nitrogen functional groups attached to an aromatic ring is 1. The molecule has 0 spiro atoms. The van der Waals surface area contributed by atoms with E-state index in [0.29, 0.717) is 11.7 Å². The van der Waals surface area contributed by atoms with Crippen LogP contribution in [0.2, 0.25) is 0 Å². The molecule has 0 amide bonds. The van der Waals surface area contributed by atoms with Crippen molar-refractivity contribution in [3.8, 4) is 17.1 Å². The van der Waals surface area contributed by atoms with Crippen LogP contribution in [0.4, 0.5) is 5.82 Å². The molecule has 0 unspecified atom stereocenters. The predicted molar refractivity (Wildman–Crippen MR) is 63.2 cm³/mol. The first-order valence-corrected chi connectivity index (χ1v) is 4.94. The molecule has 4 nitrogen and oxygen atoms in total. The van der Waals surface area contributed by atoms with Crippen LogP contribution in [0, 0.1) is 6.92 Å². The normalized spacial score (nSPS) is 10.1. The van der Waals surface area contributed by atoms with E-state index < -0.39 is 0 Å². The zero-order valence-corrected chi connectivity index (χ0v) is 9.27. The van der Waals surface area contributed by atoms with Crippen LogP contribution in [0.25, 0.3) is 11.3 Å². The molecular weight excluding hydrogens is 202 g/mol. The van der Waals surface area contributed by atoms with Gasteiger partial charge in [0.15, 0.2) is 5.82 Å². The standard InChI is InChI=1S/C12H13N3O/c1-8-4-3-5-9(6-8)10-7-14-11(13)12(15-10)16-2/h3-7H,1-2H3,(H2,13,14). The average molecular weight is 215 g/mol. The number of ether oxygens (including phenoxy) is 1. The molecule has 0 aliphatic carbocycles. The van der Waals surface area contributed by atoms with Crippen LogP contribution >= 0.6 is 0 Å². The summed E-state index contributed by atoms with van der Waals surface area (Å²) in [6.07, 6.45) is 1.65. The quantitative estimate of drug-likeness (QED) is 0.832. The van der Waals surface area contributed by atoms with Crippen molar-refractivity contribution in [3.05, 3.63) is 36.0 Å². The first-order chi connectivity index (χ1) is 7.70. The third-order valence-electron chi connectivity index (χ3n) is 2.27. The summed E-state index contributed by atoms with van der Waals surface area (Å²) in [7, 11) is 1.53. The fourth-order valence-corrected chi connectivity index (χ4v) is 1.48. The molecule has 0 fully saturated rings. The molecule has 4 heteroatoms. The largest absolute Gasteiger partial charge is 0.478 e. The van der Waals surface area contributed by atoms with Crippen molar-refractivity contribution in [2.75, 3.05) is 12.8 Å². The molecule has 0 aliphatic heterocycles. The van der Waals surface area contributed by atoms with Crippen LogP contribution in [-0.2, 0) is 0 Å². The fourth-order valence-electron chi connectivity index (χ4n) is 1.48. The number of nitrogens with zero attached hydrogens (tertiary/aromatic N) is 2. The van der Waals surface area contributed by atoms with Crippen LogP contribution in [0.3, 0.4) is 0 Å². The first kappa shape index (κ1) is 10.4. The summed E-state index contributed by atoms with van der Waals surface area (Å²) in [5, 5.41) is 0. The zero-order chi connectivity index (χ0) is 11.5. The number of aryl methyl sites for hydroxylation is 1.